The second-order valence-electron chi connectivity index (χ2n) is 25.8. The van der Waals surface area contributed by atoms with Gasteiger partial charge in [-0.2, -0.15) is 15.3 Å². The smallest absolute Gasteiger partial charge is 0.272 e. The highest BCUT2D eigenvalue weighted by molar-refractivity contribution is 6.30. The lowest BCUT2D eigenvalue weighted by Crippen LogP contribution is -2.39. The fourth-order valence-corrected chi connectivity index (χ4v) is 12.4. The van der Waals surface area contributed by atoms with Gasteiger partial charge in [0.15, 0.2) is 28.6 Å². The molecule has 6 amide bonds. The highest BCUT2D eigenvalue weighted by atomic mass is 35.5. The highest BCUT2D eigenvalue weighted by Gasteiger charge is 2.32. The first kappa shape index (κ1) is 75.0. The summed E-state index contributed by atoms with van der Waals surface area (Å²) < 4.78 is 54.6. The molecule has 9 rings (SSSR count). The molecule has 0 spiro atoms. The van der Waals surface area contributed by atoms with E-state index in [2.05, 4.69) is 31.7 Å². The van der Waals surface area contributed by atoms with Crippen molar-refractivity contribution in [1.29, 1.82) is 0 Å². The number of primary amides is 1. The van der Waals surface area contributed by atoms with Crippen LogP contribution in [0.1, 0.15) is 117 Å². The van der Waals surface area contributed by atoms with Crippen molar-refractivity contribution in [2.24, 2.45) is 23.5 Å². The van der Waals surface area contributed by atoms with Crippen LogP contribution in [0.4, 0.5) is 15.8 Å². The van der Waals surface area contributed by atoms with Gasteiger partial charge in [0.2, 0.25) is 17.7 Å². The van der Waals surface area contributed by atoms with Gasteiger partial charge in [-0.3, -0.25) is 28.8 Å². The fraction of sp³-hybridized carbons (Fsp3) is 0.329. The third kappa shape index (κ3) is 18.0. The Hall–Kier alpha value is -11.2. The molecule has 536 valence electrons. The Morgan fingerprint density at radius 1 is 0.451 bits per heavy atom. The molecule has 0 aliphatic carbocycles. The second kappa shape index (κ2) is 33.8. The SMILES string of the molecule is COc1cccc(OC)c1-c1cc(C(=O)N[C@H](CC(=O)Nc2ccc(OC)c(-c3cc(C(=O)N[C@H](CC(=O)Nc4ccc(OC)c(-c5cc(C(=O)N[C@H](CC(N)=O)CC(C)C)nn5-c5ccc(F)cc5)c4OC)CC(C)C)nn3-c3ccc(C)cc3)c2OC)CC(C)C)nn1-c1ccc(Cl)cc1. The predicted molar refractivity (Wildman–Crippen MR) is 388 cm³/mol. The lowest BCUT2D eigenvalue weighted by Gasteiger charge is -2.21. The third-order valence-electron chi connectivity index (χ3n) is 16.7. The van der Waals surface area contributed by atoms with E-state index >= 15 is 0 Å². The van der Waals surface area contributed by atoms with E-state index in [1.54, 1.807) is 102 Å². The van der Waals surface area contributed by atoms with Crippen molar-refractivity contribution in [2.75, 3.05) is 53.3 Å². The van der Waals surface area contributed by atoms with E-state index in [9.17, 15) is 33.2 Å². The van der Waals surface area contributed by atoms with Crippen LogP contribution in [0.15, 0.2) is 133 Å². The number of rotatable bonds is 32. The van der Waals surface area contributed by atoms with Gasteiger partial charge in [0, 0.05) is 42.4 Å². The van der Waals surface area contributed by atoms with Crippen molar-refractivity contribution in [3.05, 3.63) is 167 Å². The van der Waals surface area contributed by atoms with E-state index in [1.807, 2.05) is 72.7 Å². The molecule has 0 aliphatic rings. The number of halogens is 2. The van der Waals surface area contributed by atoms with Gasteiger partial charge in [0.25, 0.3) is 17.7 Å². The Bertz CT molecular complexity index is 4470. The van der Waals surface area contributed by atoms with E-state index in [1.165, 1.54) is 63.5 Å². The number of nitrogens with zero attached hydrogens (tertiary/aromatic N) is 6. The average Bonchev–Trinajstić information content (AvgIpc) is 1.55. The number of carbonyl (C=O) groups is 6. The van der Waals surface area contributed by atoms with Crippen molar-refractivity contribution < 1.29 is 61.6 Å². The molecule has 9 aromatic rings. The molecule has 102 heavy (non-hydrogen) atoms. The van der Waals surface area contributed by atoms with Gasteiger partial charge >= 0.3 is 0 Å². The molecule has 0 fully saturated rings. The molecular formula is C76H86ClFN12O12. The van der Waals surface area contributed by atoms with Gasteiger partial charge in [0.1, 0.15) is 28.8 Å². The number of ether oxygens (including phenoxy) is 6. The summed E-state index contributed by atoms with van der Waals surface area (Å²) in [6.07, 6.45) is 0.744. The summed E-state index contributed by atoms with van der Waals surface area (Å²) in [6.45, 7) is 13.7. The Kier molecular flexibility index (Phi) is 24.8. The van der Waals surface area contributed by atoms with Gasteiger partial charge in [-0.1, -0.05) is 76.9 Å². The van der Waals surface area contributed by atoms with Crippen molar-refractivity contribution in [3.63, 3.8) is 0 Å². The highest BCUT2D eigenvalue weighted by Crippen LogP contribution is 2.47. The maximum absolute atomic E-state index is 14.9. The summed E-state index contributed by atoms with van der Waals surface area (Å²) in [5.41, 5.74) is 10.8. The third-order valence-corrected chi connectivity index (χ3v) is 16.9. The lowest BCUT2D eigenvalue weighted by molar-refractivity contribution is -0.119. The molecule has 6 aromatic carbocycles. The summed E-state index contributed by atoms with van der Waals surface area (Å²) in [7, 11) is 8.85. The molecule has 3 atom stereocenters. The predicted octanol–water partition coefficient (Wildman–Crippen LogP) is 12.8. The van der Waals surface area contributed by atoms with Crippen molar-refractivity contribution >= 4 is 58.4 Å². The minimum Gasteiger partial charge on any atom is -0.496 e. The first-order valence-electron chi connectivity index (χ1n) is 33.3. The molecule has 0 radical (unpaired) electrons. The topological polar surface area (TPSA) is 297 Å². The largest absolute Gasteiger partial charge is 0.496 e. The molecule has 0 saturated carbocycles. The normalized spacial score (nSPS) is 12.1. The van der Waals surface area contributed by atoms with Gasteiger partial charge in [-0.05, 0) is 159 Å². The molecule has 0 saturated heterocycles. The molecular weight excluding hydrogens is 1330 g/mol. The fourth-order valence-electron chi connectivity index (χ4n) is 12.3. The molecule has 3 heterocycles. The minimum absolute atomic E-state index is 0.0160. The van der Waals surface area contributed by atoms with Gasteiger partial charge in [-0.15, -0.1) is 0 Å². The maximum Gasteiger partial charge on any atom is 0.272 e. The minimum atomic E-state index is -0.761. The first-order chi connectivity index (χ1) is 48.8. The number of hydrogen-bond donors (Lipinski definition) is 6. The van der Waals surface area contributed by atoms with Crippen molar-refractivity contribution in [2.45, 2.75) is 105 Å². The Labute approximate surface area is 596 Å². The molecule has 26 heteroatoms. The number of carbonyl (C=O) groups excluding carboxylic acids is 6. The van der Waals surface area contributed by atoms with Crippen LogP contribution >= 0.6 is 11.6 Å². The van der Waals surface area contributed by atoms with E-state index in [-0.39, 0.29) is 94.0 Å². The summed E-state index contributed by atoms with van der Waals surface area (Å²) >= 11 is 6.30. The Balaban J connectivity index is 0.992. The van der Waals surface area contributed by atoms with Crippen LogP contribution in [-0.4, -0.2) is 126 Å². The number of amides is 6. The molecule has 3 aromatic heterocycles. The first-order valence-corrected chi connectivity index (χ1v) is 33.6. The zero-order valence-electron chi connectivity index (χ0n) is 59.3. The maximum atomic E-state index is 14.9. The number of nitrogens with one attached hydrogen (secondary N) is 5. The van der Waals surface area contributed by atoms with E-state index in [0.717, 1.165) is 5.56 Å². The average molecular weight is 1410 g/mol. The number of anilines is 2. The van der Waals surface area contributed by atoms with Crippen LogP contribution in [-0.2, 0) is 14.4 Å². The number of hydrogen-bond acceptors (Lipinski definition) is 15. The summed E-state index contributed by atoms with van der Waals surface area (Å²) in [5, 5.41) is 29.9. The van der Waals surface area contributed by atoms with Crippen LogP contribution in [0.25, 0.3) is 50.8 Å². The van der Waals surface area contributed by atoms with Crippen LogP contribution in [0.3, 0.4) is 0 Å². The van der Waals surface area contributed by atoms with Crippen LogP contribution in [0.5, 0.6) is 34.5 Å². The van der Waals surface area contributed by atoms with E-state index < -0.39 is 59.4 Å². The lowest BCUT2D eigenvalue weighted by atomic mass is 10.00. The quantitative estimate of drug-likeness (QED) is 0.0228. The van der Waals surface area contributed by atoms with Gasteiger partial charge in [0.05, 0.1) is 105 Å². The van der Waals surface area contributed by atoms with Crippen molar-refractivity contribution in [1.82, 2.24) is 45.3 Å². The zero-order chi connectivity index (χ0) is 73.6. The summed E-state index contributed by atoms with van der Waals surface area (Å²) in [5.74, 6) is -1.85. The molecule has 0 unspecified atom stereocenters. The van der Waals surface area contributed by atoms with E-state index in [4.69, 9.17) is 56.0 Å². The van der Waals surface area contributed by atoms with Crippen LogP contribution in [0, 0.1) is 30.5 Å². The molecule has 24 nitrogen and oxygen atoms in total. The summed E-state index contributed by atoms with van der Waals surface area (Å²) in [6, 6.07) is 34.4. The van der Waals surface area contributed by atoms with Crippen LogP contribution in [0.2, 0.25) is 5.02 Å². The Morgan fingerprint density at radius 2 is 0.784 bits per heavy atom. The number of nitrogens with two attached hydrogens (primary N) is 1. The van der Waals surface area contributed by atoms with E-state index in [0.29, 0.717) is 81.1 Å². The number of aromatic nitrogens is 6. The summed E-state index contributed by atoms with van der Waals surface area (Å²) in [4.78, 5) is 84.5. The van der Waals surface area contributed by atoms with Gasteiger partial charge in [-0.25, -0.2) is 18.4 Å². The van der Waals surface area contributed by atoms with Gasteiger partial charge < -0.3 is 60.7 Å². The van der Waals surface area contributed by atoms with Crippen molar-refractivity contribution in [3.8, 4) is 85.3 Å². The molecule has 0 bridgehead atoms. The molecule has 0 aliphatic heterocycles. The number of methoxy groups -OCH3 is 6. The Morgan fingerprint density at radius 3 is 1.13 bits per heavy atom. The second-order valence-corrected chi connectivity index (χ2v) is 26.3. The number of benzene rings is 6. The zero-order valence-corrected chi connectivity index (χ0v) is 60.1. The molecule has 7 N–H and O–H groups in total. The number of aryl methyl sites for hydroxylation is 1. The standard InChI is InChI=1S/C76H86ClFN12O12/c1-42(2)33-48(36-66(79)91)80-74(94)57-40-61(90(87-57)53-27-21-47(78)22-28-53)71-65(100-11)32-30-55(73(71)102-13)84-68(93)38-50(35-44(5)6)82-76(96)58-41-60(89(86-58)51-23-17-45(7)18-24-51)70-64(99-10)31-29-54(72(70)101-12)83-67(92)37-49(34-43(3)4)81-75(95)56-39-59(69-62(97-8)15-14-16-63(69)98-9)88(85-56)52-25-19-46(77)20-26-52/h14-32,39-44,48-50H,33-38H2,1-13H3,(H2,79,91)(H,80,94)(H,81,95)(H,82,96)(H,83,92)(H,84,93)/t48-,49-,50-/m0/s1. The monoisotopic (exact) mass is 1410 g/mol. The van der Waals surface area contributed by atoms with Crippen LogP contribution < -0.4 is 60.7 Å².